The first-order valence-electron chi connectivity index (χ1n) is 12.3. The van der Waals surface area contributed by atoms with Gasteiger partial charge < -0.3 is 24.4 Å². The minimum Gasteiger partial charge on any atom is -0.497 e. The van der Waals surface area contributed by atoms with E-state index in [0.717, 1.165) is 53.9 Å². The molecule has 7 nitrogen and oxygen atoms in total. The summed E-state index contributed by atoms with van der Waals surface area (Å²) in [4.78, 5) is 18.8. The van der Waals surface area contributed by atoms with Gasteiger partial charge >= 0.3 is 5.97 Å². The van der Waals surface area contributed by atoms with Crippen molar-refractivity contribution in [1.29, 1.82) is 0 Å². The first kappa shape index (κ1) is 25.5. The number of rotatable bonds is 11. The number of piperidine rings is 1. The van der Waals surface area contributed by atoms with Crippen molar-refractivity contribution in [3.05, 3.63) is 54.4 Å². The monoisotopic (exact) mass is 497 g/mol. The van der Waals surface area contributed by atoms with Gasteiger partial charge in [0.25, 0.3) is 0 Å². The Kier molecular flexibility index (Phi) is 8.70. The van der Waals surface area contributed by atoms with Crippen molar-refractivity contribution in [2.24, 2.45) is 18.9 Å². The minimum atomic E-state index is -0.730. The van der Waals surface area contributed by atoms with Crippen LogP contribution in [-0.2, 0) is 11.8 Å². The zero-order valence-electron chi connectivity index (χ0n) is 20.5. The number of pyridine rings is 1. The molecule has 1 saturated heterocycles. The molecule has 3 aromatic rings. The zero-order valence-corrected chi connectivity index (χ0v) is 21.3. The first-order chi connectivity index (χ1) is 17.0. The highest BCUT2D eigenvalue weighted by atomic mass is 32.2. The van der Waals surface area contributed by atoms with Gasteiger partial charge in [-0.2, -0.15) is 0 Å². The molecule has 1 fully saturated rings. The van der Waals surface area contributed by atoms with Crippen molar-refractivity contribution < 1.29 is 19.7 Å². The van der Waals surface area contributed by atoms with E-state index in [-0.39, 0.29) is 5.92 Å². The smallest absolute Gasteiger partial charge is 0.308 e. The van der Waals surface area contributed by atoms with Gasteiger partial charge in [-0.15, -0.1) is 11.8 Å². The molecule has 3 atom stereocenters. The maximum absolute atomic E-state index is 12.1. The molecule has 0 radical (unpaired) electrons. The fourth-order valence-electron chi connectivity index (χ4n) is 5.05. The molecule has 188 valence electrons. The van der Waals surface area contributed by atoms with Crippen molar-refractivity contribution in [3.63, 3.8) is 0 Å². The van der Waals surface area contributed by atoms with Gasteiger partial charge in [-0.05, 0) is 86.7 Å². The molecule has 8 heteroatoms. The molecule has 0 spiro atoms. The number of carboxylic acids is 1. The summed E-state index contributed by atoms with van der Waals surface area (Å²) in [6.07, 6.45) is 6.18. The van der Waals surface area contributed by atoms with E-state index >= 15 is 0 Å². The molecular weight excluding hydrogens is 462 g/mol. The molecule has 2 N–H and O–H groups in total. The zero-order chi connectivity index (χ0) is 24.8. The summed E-state index contributed by atoms with van der Waals surface area (Å²) in [6, 6.07) is 11.7. The van der Waals surface area contributed by atoms with Crippen LogP contribution in [0, 0.1) is 11.8 Å². The number of carbonyl (C=O) groups is 1. The SMILES string of the molecule is COc1ccc2nccc(C(O)CC[C@@H]3CCN(CCCSc4cccn4C)C[C@@H]3C(=O)O)c2c1. The molecule has 3 heterocycles. The quantitative estimate of drug-likeness (QED) is 0.296. The van der Waals surface area contributed by atoms with Crippen molar-refractivity contribution in [2.45, 2.75) is 36.8 Å². The topological polar surface area (TPSA) is 87.8 Å². The van der Waals surface area contributed by atoms with Gasteiger partial charge in [0.05, 0.1) is 29.7 Å². The highest BCUT2D eigenvalue weighted by Crippen LogP contribution is 2.34. The lowest BCUT2D eigenvalue weighted by molar-refractivity contribution is -0.146. The third-order valence-electron chi connectivity index (χ3n) is 7.07. The predicted octanol–water partition coefficient (Wildman–Crippen LogP) is 4.60. The van der Waals surface area contributed by atoms with Gasteiger partial charge in [0, 0.05) is 37.1 Å². The van der Waals surface area contributed by atoms with Crippen LogP contribution in [0.3, 0.4) is 0 Å². The number of aryl methyl sites for hydroxylation is 1. The summed E-state index contributed by atoms with van der Waals surface area (Å²) in [5.74, 6) is 0.683. The number of benzene rings is 1. The molecule has 1 aliphatic heterocycles. The summed E-state index contributed by atoms with van der Waals surface area (Å²) in [7, 11) is 3.67. The minimum absolute atomic E-state index is 0.0683. The Morgan fingerprint density at radius 2 is 2.17 bits per heavy atom. The molecule has 35 heavy (non-hydrogen) atoms. The molecule has 0 amide bonds. The maximum atomic E-state index is 12.1. The molecule has 2 aromatic heterocycles. The third kappa shape index (κ3) is 6.37. The number of aliphatic hydroxyl groups excluding tert-OH is 1. The highest BCUT2D eigenvalue weighted by Gasteiger charge is 2.34. The second-order valence-electron chi connectivity index (χ2n) is 9.33. The van der Waals surface area contributed by atoms with E-state index < -0.39 is 18.0 Å². The van der Waals surface area contributed by atoms with E-state index in [1.165, 1.54) is 5.03 Å². The van der Waals surface area contributed by atoms with Gasteiger partial charge in [-0.3, -0.25) is 9.78 Å². The Bertz CT molecular complexity index is 1130. The van der Waals surface area contributed by atoms with Gasteiger partial charge in [0.15, 0.2) is 0 Å². The van der Waals surface area contributed by atoms with E-state index in [9.17, 15) is 15.0 Å². The lowest BCUT2D eigenvalue weighted by Gasteiger charge is -2.37. The van der Waals surface area contributed by atoms with E-state index in [1.54, 1.807) is 13.3 Å². The number of nitrogens with zero attached hydrogens (tertiary/aromatic N) is 3. The van der Waals surface area contributed by atoms with Crippen LogP contribution in [0.2, 0.25) is 0 Å². The standard InChI is InChI=1S/C27H35N3O4S/c1-29-13-3-5-26(29)35-16-4-14-30-15-11-19(23(18-30)27(32)33)6-9-25(31)21-10-12-28-24-8-7-20(34-2)17-22(21)24/h3,5,7-8,10,12-13,17,19,23,25,31H,4,6,9,11,14-16,18H2,1-2H3,(H,32,33)/t19-,23+,25?/m1/s1. The van der Waals surface area contributed by atoms with Gasteiger partial charge in [-0.25, -0.2) is 0 Å². The number of fused-ring (bicyclic) bond motifs is 1. The van der Waals surface area contributed by atoms with E-state index in [0.29, 0.717) is 19.4 Å². The Hall–Kier alpha value is -2.55. The summed E-state index contributed by atoms with van der Waals surface area (Å²) >= 11 is 1.84. The molecule has 1 aromatic carbocycles. The maximum Gasteiger partial charge on any atom is 0.308 e. The van der Waals surface area contributed by atoms with Gasteiger partial charge in [0.1, 0.15) is 5.75 Å². The first-order valence-corrected chi connectivity index (χ1v) is 13.2. The molecule has 0 aliphatic carbocycles. The Morgan fingerprint density at radius 3 is 2.91 bits per heavy atom. The van der Waals surface area contributed by atoms with E-state index in [4.69, 9.17) is 4.74 Å². The van der Waals surface area contributed by atoms with Crippen LogP contribution in [0.1, 0.15) is 37.4 Å². The summed E-state index contributed by atoms with van der Waals surface area (Å²) in [6.45, 7) is 2.41. The number of carboxylic acid groups (broad SMARTS) is 1. The Balaban J connectivity index is 1.30. The molecule has 0 bridgehead atoms. The van der Waals surface area contributed by atoms with Gasteiger partial charge in [-0.1, -0.05) is 0 Å². The largest absolute Gasteiger partial charge is 0.497 e. The van der Waals surface area contributed by atoms with Crippen LogP contribution in [0.4, 0.5) is 0 Å². The number of hydrogen-bond acceptors (Lipinski definition) is 6. The van der Waals surface area contributed by atoms with Crippen LogP contribution in [-0.4, -0.2) is 63.1 Å². The number of aliphatic carboxylic acids is 1. The molecular formula is C27H35N3O4S. The highest BCUT2D eigenvalue weighted by molar-refractivity contribution is 7.99. The van der Waals surface area contributed by atoms with Crippen LogP contribution in [0.25, 0.3) is 10.9 Å². The Labute approximate surface area is 211 Å². The lowest BCUT2D eigenvalue weighted by Crippen LogP contribution is -2.44. The van der Waals surface area contributed by atoms with E-state index in [1.807, 2.05) is 36.0 Å². The fourth-order valence-corrected chi connectivity index (χ4v) is 5.97. The fraction of sp³-hybridized carbons (Fsp3) is 0.481. The van der Waals surface area contributed by atoms with Crippen molar-refractivity contribution in [2.75, 3.05) is 32.5 Å². The molecule has 4 rings (SSSR count). The molecule has 1 unspecified atom stereocenters. The number of ether oxygens (including phenoxy) is 1. The average Bonchev–Trinajstić information content (AvgIpc) is 3.29. The average molecular weight is 498 g/mol. The van der Waals surface area contributed by atoms with Crippen molar-refractivity contribution in [1.82, 2.24) is 14.5 Å². The number of methoxy groups -OCH3 is 1. The number of aromatic nitrogens is 2. The van der Waals surface area contributed by atoms with Crippen molar-refractivity contribution >= 4 is 28.6 Å². The summed E-state index contributed by atoms with van der Waals surface area (Å²) in [5.41, 5.74) is 1.62. The lowest BCUT2D eigenvalue weighted by atomic mass is 9.81. The number of hydrogen-bond donors (Lipinski definition) is 2. The van der Waals surface area contributed by atoms with E-state index in [2.05, 4.69) is 39.8 Å². The van der Waals surface area contributed by atoms with Crippen LogP contribution >= 0.6 is 11.8 Å². The number of thioether (sulfide) groups is 1. The van der Waals surface area contributed by atoms with Crippen LogP contribution in [0.15, 0.2) is 53.8 Å². The number of aliphatic hydroxyl groups is 1. The van der Waals surface area contributed by atoms with Crippen LogP contribution < -0.4 is 4.74 Å². The third-order valence-corrected chi connectivity index (χ3v) is 8.29. The molecule has 0 saturated carbocycles. The Morgan fingerprint density at radius 1 is 1.31 bits per heavy atom. The predicted molar refractivity (Wildman–Crippen MR) is 139 cm³/mol. The number of likely N-dealkylation sites (tertiary alicyclic amines) is 1. The molecule has 1 aliphatic rings. The second kappa shape index (κ2) is 11.9. The van der Waals surface area contributed by atoms with Gasteiger partial charge in [0.2, 0.25) is 0 Å². The van der Waals surface area contributed by atoms with Crippen LogP contribution in [0.5, 0.6) is 5.75 Å². The van der Waals surface area contributed by atoms with Crippen molar-refractivity contribution in [3.8, 4) is 5.75 Å². The normalized spacial score (nSPS) is 19.6. The summed E-state index contributed by atoms with van der Waals surface area (Å²) < 4.78 is 7.46. The summed E-state index contributed by atoms with van der Waals surface area (Å²) in [5, 5.41) is 23.0. The second-order valence-corrected chi connectivity index (χ2v) is 10.4.